The van der Waals surface area contributed by atoms with E-state index in [1.807, 2.05) is 36.4 Å². The van der Waals surface area contributed by atoms with Gasteiger partial charge in [-0.25, -0.2) is 9.97 Å². The van der Waals surface area contributed by atoms with Crippen LogP contribution < -0.4 is 0 Å². The Balaban J connectivity index is 2.18. The van der Waals surface area contributed by atoms with Crippen molar-refractivity contribution in [1.82, 2.24) is 15.0 Å². The topological polar surface area (TPSA) is 41.6 Å². The van der Waals surface area contributed by atoms with Crippen LogP contribution in [0.15, 0.2) is 42.7 Å². The summed E-state index contributed by atoms with van der Waals surface area (Å²) in [6, 6.07) is 11.5. The van der Waals surface area contributed by atoms with Gasteiger partial charge in [0.25, 0.3) is 0 Å². The number of aromatic amines is 1. The van der Waals surface area contributed by atoms with Crippen LogP contribution in [-0.4, -0.2) is 15.0 Å². The Morgan fingerprint density at radius 1 is 1.12 bits per heavy atom. The first-order chi connectivity index (χ1) is 7.83. The molecule has 0 amide bonds. The molecule has 0 aliphatic rings. The standard InChI is InChI=1S/C12H8ClN3/c13-9-3-1-2-8(6-9)10-4-5-11-12(16-10)15-7-14-11/h1-7H,(H,14,15,16). The Kier molecular flexibility index (Phi) is 2.11. The molecule has 0 aliphatic heterocycles. The summed E-state index contributed by atoms with van der Waals surface area (Å²) in [5, 5.41) is 0.710. The second-order valence-electron chi connectivity index (χ2n) is 3.48. The van der Waals surface area contributed by atoms with Gasteiger partial charge in [-0.2, -0.15) is 0 Å². The first kappa shape index (κ1) is 9.36. The molecule has 3 aromatic rings. The predicted molar refractivity (Wildman–Crippen MR) is 64.3 cm³/mol. The molecule has 0 fully saturated rings. The molecule has 1 N–H and O–H groups in total. The summed E-state index contributed by atoms with van der Waals surface area (Å²) >= 11 is 5.94. The van der Waals surface area contributed by atoms with E-state index in [0.29, 0.717) is 5.02 Å². The van der Waals surface area contributed by atoms with Crippen LogP contribution in [0.25, 0.3) is 22.4 Å². The minimum absolute atomic E-state index is 0.710. The van der Waals surface area contributed by atoms with Crippen LogP contribution in [0.3, 0.4) is 0 Å². The molecule has 0 atom stereocenters. The number of pyridine rings is 1. The molecule has 4 heteroatoms. The second-order valence-corrected chi connectivity index (χ2v) is 3.92. The molecule has 1 aromatic carbocycles. The van der Waals surface area contributed by atoms with Crippen LogP contribution in [0.5, 0.6) is 0 Å². The predicted octanol–water partition coefficient (Wildman–Crippen LogP) is 3.28. The van der Waals surface area contributed by atoms with Crippen molar-refractivity contribution < 1.29 is 0 Å². The number of nitrogens with one attached hydrogen (secondary N) is 1. The van der Waals surface area contributed by atoms with E-state index < -0.39 is 0 Å². The first-order valence-corrected chi connectivity index (χ1v) is 5.27. The minimum Gasteiger partial charge on any atom is -0.343 e. The van der Waals surface area contributed by atoms with Crippen molar-refractivity contribution in [2.24, 2.45) is 0 Å². The van der Waals surface area contributed by atoms with Crippen molar-refractivity contribution in [3.05, 3.63) is 47.7 Å². The largest absolute Gasteiger partial charge is 0.343 e. The number of hydrogen-bond acceptors (Lipinski definition) is 2. The molecule has 16 heavy (non-hydrogen) atoms. The number of hydrogen-bond donors (Lipinski definition) is 1. The monoisotopic (exact) mass is 229 g/mol. The Labute approximate surface area is 97.1 Å². The fraction of sp³-hybridized carbons (Fsp3) is 0. The minimum atomic E-state index is 0.710. The zero-order chi connectivity index (χ0) is 11.0. The number of imidazole rings is 1. The summed E-state index contributed by atoms with van der Waals surface area (Å²) in [7, 11) is 0. The average molecular weight is 230 g/mol. The first-order valence-electron chi connectivity index (χ1n) is 4.89. The van der Waals surface area contributed by atoms with E-state index in [0.717, 1.165) is 22.4 Å². The molecule has 3 rings (SSSR count). The Bertz CT molecular complexity index is 645. The van der Waals surface area contributed by atoms with Crippen LogP contribution in [0.1, 0.15) is 0 Å². The molecule has 2 heterocycles. The van der Waals surface area contributed by atoms with Gasteiger partial charge in [-0.3, -0.25) is 0 Å². The van der Waals surface area contributed by atoms with E-state index >= 15 is 0 Å². The van der Waals surface area contributed by atoms with E-state index in [-0.39, 0.29) is 0 Å². The summed E-state index contributed by atoms with van der Waals surface area (Å²) in [6.07, 6.45) is 1.64. The van der Waals surface area contributed by atoms with Gasteiger partial charge in [0.2, 0.25) is 0 Å². The van der Waals surface area contributed by atoms with Gasteiger partial charge in [-0.1, -0.05) is 23.7 Å². The lowest BCUT2D eigenvalue weighted by Gasteiger charge is -2.00. The zero-order valence-electron chi connectivity index (χ0n) is 8.31. The lowest BCUT2D eigenvalue weighted by atomic mass is 10.1. The fourth-order valence-electron chi connectivity index (χ4n) is 1.63. The normalized spacial score (nSPS) is 10.8. The molecule has 0 aliphatic carbocycles. The molecule has 78 valence electrons. The molecule has 0 radical (unpaired) electrons. The molecular formula is C12H8ClN3. The third-order valence-corrected chi connectivity index (χ3v) is 2.64. The Morgan fingerprint density at radius 2 is 2.06 bits per heavy atom. The van der Waals surface area contributed by atoms with Crippen molar-refractivity contribution in [2.75, 3.05) is 0 Å². The average Bonchev–Trinajstić information content (AvgIpc) is 2.75. The number of aromatic nitrogens is 3. The molecule has 0 saturated heterocycles. The second kappa shape index (κ2) is 3.61. The number of benzene rings is 1. The Hall–Kier alpha value is -1.87. The van der Waals surface area contributed by atoms with E-state index in [9.17, 15) is 0 Å². The third kappa shape index (κ3) is 1.55. The van der Waals surface area contributed by atoms with Crippen molar-refractivity contribution in [3.8, 4) is 11.3 Å². The van der Waals surface area contributed by atoms with Gasteiger partial charge in [0.1, 0.15) is 0 Å². The maximum absolute atomic E-state index is 5.94. The van der Waals surface area contributed by atoms with E-state index in [1.165, 1.54) is 0 Å². The lowest BCUT2D eigenvalue weighted by Crippen LogP contribution is -1.84. The number of rotatable bonds is 1. The summed E-state index contributed by atoms with van der Waals surface area (Å²) in [5.41, 5.74) is 3.53. The van der Waals surface area contributed by atoms with Crippen molar-refractivity contribution in [1.29, 1.82) is 0 Å². The summed E-state index contributed by atoms with van der Waals surface area (Å²) in [4.78, 5) is 11.6. The Morgan fingerprint density at radius 3 is 2.94 bits per heavy atom. The van der Waals surface area contributed by atoms with Gasteiger partial charge in [0.15, 0.2) is 5.65 Å². The number of fused-ring (bicyclic) bond motifs is 1. The maximum atomic E-state index is 5.94. The smallest absolute Gasteiger partial charge is 0.177 e. The molecular weight excluding hydrogens is 222 g/mol. The third-order valence-electron chi connectivity index (χ3n) is 2.40. The number of halogens is 1. The van der Waals surface area contributed by atoms with Gasteiger partial charge >= 0.3 is 0 Å². The highest BCUT2D eigenvalue weighted by Gasteiger charge is 2.03. The number of H-pyrrole nitrogens is 1. The van der Waals surface area contributed by atoms with Crippen LogP contribution in [0.2, 0.25) is 5.02 Å². The number of nitrogens with zero attached hydrogens (tertiary/aromatic N) is 2. The van der Waals surface area contributed by atoms with Gasteiger partial charge in [-0.15, -0.1) is 0 Å². The molecule has 0 bridgehead atoms. The molecule has 0 unspecified atom stereocenters. The highest BCUT2D eigenvalue weighted by Crippen LogP contribution is 2.22. The van der Waals surface area contributed by atoms with Gasteiger partial charge < -0.3 is 4.98 Å². The lowest BCUT2D eigenvalue weighted by molar-refractivity contribution is 1.30. The van der Waals surface area contributed by atoms with Crippen LogP contribution >= 0.6 is 11.6 Å². The summed E-state index contributed by atoms with van der Waals surface area (Å²) in [6.45, 7) is 0. The SMILES string of the molecule is Clc1cccc(-c2ccc3[nH]cnc3n2)c1. The quantitative estimate of drug-likeness (QED) is 0.696. The van der Waals surface area contributed by atoms with Crippen LogP contribution in [0, 0.1) is 0 Å². The van der Waals surface area contributed by atoms with Crippen molar-refractivity contribution >= 4 is 22.8 Å². The molecule has 3 nitrogen and oxygen atoms in total. The fourth-order valence-corrected chi connectivity index (χ4v) is 1.82. The van der Waals surface area contributed by atoms with Gasteiger partial charge in [0.05, 0.1) is 17.5 Å². The van der Waals surface area contributed by atoms with Gasteiger partial charge in [0, 0.05) is 10.6 Å². The molecule has 0 spiro atoms. The van der Waals surface area contributed by atoms with E-state index in [1.54, 1.807) is 6.33 Å². The van der Waals surface area contributed by atoms with Crippen molar-refractivity contribution in [3.63, 3.8) is 0 Å². The molecule has 0 saturated carbocycles. The molecule has 2 aromatic heterocycles. The maximum Gasteiger partial charge on any atom is 0.177 e. The highest BCUT2D eigenvalue weighted by atomic mass is 35.5. The zero-order valence-corrected chi connectivity index (χ0v) is 9.07. The van der Waals surface area contributed by atoms with Crippen LogP contribution in [0.4, 0.5) is 0 Å². The van der Waals surface area contributed by atoms with E-state index in [2.05, 4.69) is 15.0 Å². The van der Waals surface area contributed by atoms with Gasteiger partial charge in [-0.05, 0) is 24.3 Å². The summed E-state index contributed by atoms with van der Waals surface area (Å²) < 4.78 is 0. The van der Waals surface area contributed by atoms with E-state index in [4.69, 9.17) is 11.6 Å². The van der Waals surface area contributed by atoms with Crippen molar-refractivity contribution in [2.45, 2.75) is 0 Å². The summed E-state index contributed by atoms with van der Waals surface area (Å²) in [5.74, 6) is 0. The highest BCUT2D eigenvalue weighted by molar-refractivity contribution is 6.30. The van der Waals surface area contributed by atoms with Crippen LogP contribution in [-0.2, 0) is 0 Å².